The molecule has 0 radical (unpaired) electrons. The predicted octanol–water partition coefficient (Wildman–Crippen LogP) is 5.74. The molecule has 0 atom stereocenters. The first kappa shape index (κ1) is 21.4. The fourth-order valence-electron chi connectivity index (χ4n) is 3.49. The first-order valence-electron chi connectivity index (χ1n) is 10.4. The highest BCUT2D eigenvalue weighted by molar-refractivity contribution is 6.11. The quantitative estimate of drug-likeness (QED) is 0.256. The second kappa shape index (κ2) is 9.21. The zero-order chi connectivity index (χ0) is 24.2. The molecule has 5 rings (SSSR count). The Morgan fingerprint density at radius 1 is 1.03 bits per heavy atom. The van der Waals surface area contributed by atoms with Crippen LogP contribution >= 0.6 is 0 Å². The maximum absolute atomic E-state index is 13.0. The average molecular weight is 460 g/mol. The number of aromatic hydroxyl groups is 1. The van der Waals surface area contributed by atoms with Crippen molar-refractivity contribution in [3.63, 3.8) is 0 Å². The molecule has 0 saturated heterocycles. The number of rotatable bonds is 5. The summed E-state index contributed by atoms with van der Waals surface area (Å²) in [5.74, 6) is -0.372. The van der Waals surface area contributed by atoms with Gasteiger partial charge < -0.3 is 10.4 Å². The molecule has 0 aliphatic carbocycles. The van der Waals surface area contributed by atoms with Crippen molar-refractivity contribution in [1.29, 1.82) is 0 Å². The number of carbonyl (C=O) groups is 1. The predicted molar refractivity (Wildman–Crippen MR) is 130 cm³/mol. The van der Waals surface area contributed by atoms with E-state index in [0.29, 0.717) is 22.3 Å². The lowest BCUT2D eigenvalue weighted by molar-refractivity contribution is 0.102. The number of fused-ring (bicyclic) bond motifs is 1. The number of hydrogen-bond acceptors (Lipinski definition) is 7. The fourth-order valence-corrected chi connectivity index (χ4v) is 3.49. The standard InChI is InChI=1S/C25H16N8O2/c1-26-20-15-28-33(21-12-7-13-27-30-21)24(20)32-31-22-18-11-6-5-8-16(18)14-19(23(22)34)25(35)29-17-9-3-2-4-10-17/h2-15,34H,(H,29,35). The minimum Gasteiger partial charge on any atom is -0.505 e. The van der Waals surface area contributed by atoms with Crippen LogP contribution in [0.2, 0.25) is 0 Å². The van der Waals surface area contributed by atoms with E-state index in [0.717, 1.165) is 0 Å². The molecule has 0 aliphatic heterocycles. The van der Waals surface area contributed by atoms with Gasteiger partial charge in [-0.2, -0.15) is 10.2 Å². The number of para-hydroxylation sites is 1. The first-order chi connectivity index (χ1) is 17.2. The van der Waals surface area contributed by atoms with Crippen molar-refractivity contribution in [2.75, 3.05) is 5.32 Å². The zero-order valence-electron chi connectivity index (χ0n) is 18.1. The Balaban J connectivity index is 1.61. The van der Waals surface area contributed by atoms with Crippen LogP contribution in [0.5, 0.6) is 5.75 Å². The van der Waals surface area contributed by atoms with Gasteiger partial charge in [-0.05, 0) is 35.7 Å². The Kier molecular flexibility index (Phi) is 5.63. The number of nitrogens with one attached hydrogen (secondary N) is 1. The third-order valence-corrected chi connectivity index (χ3v) is 5.14. The van der Waals surface area contributed by atoms with Crippen LogP contribution < -0.4 is 5.32 Å². The maximum Gasteiger partial charge on any atom is 0.259 e. The summed E-state index contributed by atoms with van der Waals surface area (Å²) in [6.07, 6.45) is 2.86. The Morgan fingerprint density at radius 2 is 1.83 bits per heavy atom. The van der Waals surface area contributed by atoms with Gasteiger partial charge in [0.1, 0.15) is 5.69 Å². The summed E-state index contributed by atoms with van der Waals surface area (Å²) in [5, 5.41) is 35.6. The molecule has 3 aromatic carbocycles. The number of aromatic nitrogens is 4. The molecule has 1 amide bonds. The Labute approximate surface area is 199 Å². The largest absolute Gasteiger partial charge is 0.505 e. The molecule has 0 aliphatic rings. The molecule has 0 spiro atoms. The number of phenolic OH excluding ortho intramolecular Hbond substituents is 1. The van der Waals surface area contributed by atoms with E-state index in [2.05, 4.69) is 35.7 Å². The number of benzene rings is 3. The van der Waals surface area contributed by atoms with Crippen LogP contribution in [0, 0.1) is 6.57 Å². The molecule has 0 fully saturated rings. The van der Waals surface area contributed by atoms with Gasteiger partial charge in [-0.3, -0.25) is 4.79 Å². The van der Waals surface area contributed by atoms with Gasteiger partial charge in [0, 0.05) is 17.3 Å². The first-order valence-corrected chi connectivity index (χ1v) is 10.4. The molecule has 10 nitrogen and oxygen atoms in total. The van der Waals surface area contributed by atoms with E-state index in [1.54, 1.807) is 54.6 Å². The highest BCUT2D eigenvalue weighted by atomic mass is 16.3. The van der Waals surface area contributed by atoms with Crippen molar-refractivity contribution in [3.05, 3.63) is 102 Å². The Hall–Kier alpha value is -5.43. The Bertz CT molecular complexity index is 1610. The summed E-state index contributed by atoms with van der Waals surface area (Å²) in [5.41, 5.74) is 0.849. The van der Waals surface area contributed by atoms with E-state index in [1.807, 2.05) is 18.2 Å². The minimum atomic E-state index is -0.498. The van der Waals surface area contributed by atoms with Crippen LogP contribution in [0.15, 0.2) is 95.4 Å². The summed E-state index contributed by atoms with van der Waals surface area (Å²) < 4.78 is 1.33. The number of hydrogen-bond donors (Lipinski definition) is 2. The summed E-state index contributed by atoms with van der Waals surface area (Å²) in [4.78, 5) is 16.4. The van der Waals surface area contributed by atoms with Crippen molar-refractivity contribution >= 4 is 39.6 Å². The van der Waals surface area contributed by atoms with Gasteiger partial charge in [-0.15, -0.1) is 15.3 Å². The monoisotopic (exact) mass is 460 g/mol. The van der Waals surface area contributed by atoms with Crippen LogP contribution in [-0.2, 0) is 0 Å². The number of anilines is 1. The van der Waals surface area contributed by atoms with E-state index in [-0.39, 0.29) is 28.5 Å². The lowest BCUT2D eigenvalue weighted by Gasteiger charge is -2.11. The second-order valence-corrected chi connectivity index (χ2v) is 7.32. The van der Waals surface area contributed by atoms with Gasteiger partial charge in [0.05, 0.1) is 18.3 Å². The maximum atomic E-state index is 13.0. The second-order valence-electron chi connectivity index (χ2n) is 7.32. The van der Waals surface area contributed by atoms with E-state index < -0.39 is 5.91 Å². The number of amides is 1. The molecule has 35 heavy (non-hydrogen) atoms. The third kappa shape index (κ3) is 4.17. The lowest BCUT2D eigenvalue weighted by Crippen LogP contribution is -2.12. The number of phenols is 1. The fraction of sp³-hybridized carbons (Fsp3) is 0. The van der Waals surface area contributed by atoms with E-state index in [1.165, 1.54) is 17.1 Å². The number of nitrogens with zero attached hydrogens (tertiary/aromatic N) is 7. The SMILES string of the molecule is [C-]#[N+]c1cnn(-c2cccnn2)c1N=Nc1c(O)c(C(=O)Nc2ccccc2)cc2ccccc12. The van der Waals surface area contributed by atoms with E-state index in [4.69, 9.17) is 6.57 Å². The molecule has 5 aromatic rings. The molecular formula is C25H16N8O2. The Morgan fingerprint density at radius 3 is 2.60 bits per heavy atom. The van der Waals surface area contributed by atoms with E-state index >= 15 is 0 Å². The highest BCUT2D eigenvalue weighted by Crippen LogP contribution is 2.40. The van der Waals surface area contributed by atoms with Crippen molar-refractivity contribution in [2.24, 2.45) is 10.2 Å². The summed E-state index contributed by atoms with van der Waals surface area (Å²) in [7, 11) is 0. The lowest BCUT2D eigenvalue weighted by atomic mass is 10.0. The van der Waals surface area contributed by atoms with Crippen LogP contribution in [0.25, 0.3) is 21.4 Å². The highest BCUT2D eigenvalue weighted by Gasteiger charge is 2.19. The van der Waals surface area contributed by atoms with Gasteiger partial charge in [0.15, 0.2) is 17.4 Å². The molecule has 168 valence electrons. The van der Waals surface area contributed by atoms with Crippen LogP contribution in [0.3, 0.4) is 0 Å². The zero-order valence-corrected chi connectivity index (χ0v) is 18.1. The van der Waals surface area contributed by atoms with Crippen molar-refractivity contribution in [1.82, 2.24) is 20.0 Å². The van der Waals surface area contributed by atoms with Crippen LogP contribution in [0.1, 0.15) is 10.4 Å². The molecule has 2 aromatic heterocycles. The van der Waals surface area contributed by atoms with Gasteiger partial charge in [-0.1, -0.05) is 42.5 Å². The molecule has 0 saturated carbocycles. The average Bonchev–Trinajstić information content (AvgIpc) is 3.32. The van der Waals surface area contributed by atoms with Crippen molar-refractivity contribution in [2.45, 2.75) is 0 Å². The number of azo groups is 1. The van der Waals surface area contributed by atoms with Gasteiger partial charge in [0.2, 0.25) is 0 Å². The normalized spacial score (nSPS) is 10.9. The van der Waals surface area contributed by atoms with Crippen LogP contribution in [0.4, 0.5) is 22.9 Å². The van der Waals surface area contributed by atoms with E-state index in [9.17, 15) is 9.90 Å². The molecular weight excluding hydrogens is 444 g/mol. The molecule has 0 bridgehead atoms. The number of carbonyl (C=O) groups excluding carboxylic acids is 1. The minimum absolute atomic E-state index is 0.0364. The smallest absolute Gasteiger partial charge is 0.259 e. The van der Waals surface area contributed by atoms with Crippen LogP contribution in [-0.4, -0.2) is 31.0 Å². The molecule has 10 heteroatoms. The molecule has 2 N–H and O–H groups in total. The summed E-state index contributed by atoms with van der Waals surface area (Å²) >= 11 is 0. The van der Waals surface area contributed by atoms with Crippen molar-refractivity contribution in [3.8, 4) is 11.6 Å². The van der Waals surface area contributed by atoms with Gasteiger partial charge in [-0.25, -0.2) is 9.53 Å². The van der Waals surface area contributed by atoms with Gasteiger partial charge >= 0.3 is 0 Å². The molecule has 2 heterocycles. The third-order valence-electron chi connectivity index (χ3n) is 5.14. The molecule has 0 unspecified atom stereocenters. The van der Waals surface area contributed by atoms with Gasteiger partial charge in [0.25, 0.3) is 11.6 Å². The summed E-state index contributed by atoms with van der Waals surface area (Å²) in [6, 6.07) is 21.0. The summed E-state index contributed by atoms with van der Waals surface area (Å²) in [6.45, 7) is 7.45. The topological polar surface area (TPSA) is 122 Å². The van der Waals surface area contributed by atoms with Crippen molar-refractivity contribution < 1.29 is 9.90 Å².